The van der Waals surface area contributed by atoms with E-state index in [0.29, 0.717) is 12.0 Å². The predicted molar refractivity (Wildman–Crippen MR) is 126 cm³/mol. The molecule has 3 heteroatoms. The molecule has 0 aliphatic carbocycles. The van der Waals surface area contributed by atoms with Gasteiger partial charge in [-0.2, -0.15) is 0 Å². The van der Waals surface area contributed by atoms with Crippen LogP contribution in [0, 0.1) is 20.8 Å². The summed E-state index contributed by atoms with van der Waals surface area (Å²) in [6, 6.07) is 0. The number of aliphatic hydroxyl groups is 1. The number of benzene rings is 1. The highest BCUT2D eigenvalue weighted by Crippen LogP contribution is 2.52. The number of phenols is 1. The van der Waals surface area contributed by atoms with Crippen LogP contribution in [0.4, 0.5) is 0 Å². The van der Waals surface area contributed by atoms with Crippen molar-refractivity contribution in [1.29, 1.82) is 0 Å². The molecule has 0 fully saturated rings. The first kappa shape index (κ1) is 23.3. The quantitative estimate of drug-likeness (QED) is 0.379. The average molecular weight is 407 g/mol. The van der Waals surface area contributed by atoms with Crippen LogP contribution in [0.5, 0.6) is 11.5 Å². The molecule has 0 bridgehead atoms. The number of aromatic hydroxyl groups is 1. The summed E-state index contributed by atoms with van der Waals surface area (Å²) >= 11 is 0. The molecule has 2 N–H and O–H groups in total. The molecule has 3 nitrogen and oxygen atoms in total. The summed E-state index contributed by atoms with van der Waals surface area (Å²) in [7, 11) is 0. The van der Waals surface area contributed by atoms with E-state index in [1.807, 2.05) is 59.8 Å². The normalized spacial score (nSPS) is 17.6. The molecule has 1 aromatic rings. The van der Waals surface area contributed by atoms with Crippen LogP contribution in [0.1, 0.15) is 62.3 Å². The van der Waals surface area contributed by atoms with Crippen LogP contribution in [-0.2, 0) is 0 Å². The summed E-state index contributed by atoms with van der Waals surface area (Å²) in [6.45, 7) is 21.3. The maximum absolute atomic E-state index is 10.8. The Morgan fingerprint density at radius 1 is 1.13 bits per heavy atom. The molecule has 1 heterocycles. The number of fused-ring (bicyclic) bond motifs is 1. The smallest absolute Gasteiger partial charge is 0.134 e. The summed E-state index contributed by atoms with van der Waals surface area (Å²) in [6.07, 6.45) is 8.44. The van der Waals surface area contributed by atoms with E-state index >= 15 is 0 Å². The first-order chi connectivity index (χ1) is 14.1. The third-order valence-electron chi connectivity index (χ3n) is 5.85. The highest BCUT2D eigenvalue weighted by Gasteiger charge is 2.36. The highest BCUT2D eigenvalue weighted by molar-refractivity contribution is 5.67. The van der Waals surface area contributed by atoms with Crippen molar-refractivity contribution in [2.45, 2.75) is 60.8 Å². The number of aliphatic hydroxyl groups excluding tert-OH is 1. The minimum atomic E-state index is -0.218. The van der Waals surface area contributed by atoms with Gasteiger partial charge in [-0.3, -0.25) is 0 Å². The molecule has 0 amide bonds. The minimum Gasteiger partial charge on any atom is -0.507 e. The Kier molecular flexibility index (Phi) is 7.20. The van der Waals surface area contributed by atoms with Crippen molar-refractivity contribution in [3.05, 3.63) is 93.5 Å². The zero-order valence-electron chi connectivity index (χ0n) is 19.3. The zero-order chi connectivity index (χ0) is 22.7. The SMILES string of the molecule is C=C/C=C(\C=C/C)C1C(/C(C)=C(/O)C(=C)C)=C(CC)Oc2c(C)c(C)c(O)c(C)c21. The molecule has 0 aromatic heterocycles. The van der Waals surface area contributed by atoms with Crippen molar-refractivity contribution < 1.29 is 14.9 Å². The molecule has 1 aliphatic heterocycles. The van der Waals surface area contributed by atoms with Gasteiger partial charge in [-0.05, 0) is 75.0 Å². The van der Waals surface area contributed by atoms with Crippen LogP contribution >= 0.6 is 0 Å². The second-order valence-corrected chi connectivity index (χ2v) is 7.85. The summed E-state index contributed by atoms with van der Waals surface area (Å²) in [4.78, 5) is 0. The number of hydrogen-bond acceptors (Lipinski definition) is 3. The van der Waals surface area contributed by atoms with Crippen LogP contribution in [-0.4, -0.2) is 10.2 Å². The number of hydrogen-bond donors (Lipinski definition) is 2. The minimum absolute atomic E-state index is 0.164. The molecule has 1 unspecified atom stereocenters. The van der Waals surface area contributed by atoms with Gasteiger partial charge >= 0.3 is 0 Å². The zero-order valence-corrected chi connectivity index (χ0v) is 19.3. The van der Waals surface area contributed by atoms with E-state index in [4.69, 9.17) is 4.74 Å². The fourth-order valence-corrected chi connectivity index (χ4v) is 4.14. The number of phenolic OH excluding ortho intramolecular Hbond substituents is 1. The van der Waals surface area contributed by atoms with Gasteiger partial charge in [0, 0.05) is 23.5 Å². The monoisotopic (exact) mass is 406 g/mol. The lowest BCUT2D eigenvalue weighted by molar-refractivity contribution is 0.370. The fourth-order valence-electron chi connectivity index (χ4n) is 4.14. The Morgan fingerprint density at radius 3 is 2.27 bits per heavy atom. The summed E-state index contributed by atoms with van der Waals surface area (Å²) in [5, 5.41) is 21.6. The molecule has 160 valence electrons. The molecule has 1 aromatic carbocycles. The van der Waals surface area contributed by atoms with Gasteiger partial charge < -0.3 is 14.9 Å². The molecule has 2 rings (SSSR count). The summed E-state index contributed by atoms with van der Waals surface area (Å²) in [5.41, 5.74) is 6.69. The van der Waals surface area contributed by atoms with Crippen molar-refractivity contribution in [2.24, 2.45) is 0 Å². The van der Waals surface area contributed by atoms with Gasteiger partial charge in [-0.25, -0.2) is 0 Å². The maximum Gasteiger partial charge on any atom is 0.134 e. The third kappa shape index (κ3) is 3.89. The molecular formula is C27H34O3. The molecular weight excluding hydrogens is 372 g/mol. The molecule has 0 spiro atoms. The first-order valence-electron chi connectivity index (χ1n) is 10.4. The standard InChI is InChI=1S/C27H34O3/c1-10-13-20(14-11-2)24-22(18(8)25(28)15(4)5)21(12-3)30-27-17(7)16(6)26(29)19(9)23(24)27/h10-11,13-14,24,28-29H,1,4,12H2,2-3,5-9H3/b14-11-,20-13+,25-18+. The summed E-state index contributed by atoms with van der Waals surface area (Å²) in [5.74, 6) is 1.82. The summed E-state index contributed by atoms with van der Waals surface area (Å²) < 4.78 is 6.45. The van der Waals surface area contributed by atoms with Crippen molar-refractivity contribution in [1.82, 2.24) is 0 Å². The van der Waals surface area contributed by atoms with Gasteiger partial charge in [-0.15, -0.1) is 0 Å². The third-order valence-corrected chi connectivity index (χ3v) is 5.85. The number of allylic oxidation sites excluding steroid dienone is 9. The van der Waals surface area contributed by atoms with Crippen LogP contribution < -0.4 is 4.74 Å². The van der Waals surface area contributed by atoms with Crippen LogP contribution in [0.2, 0.25) is 0 Å². The van der Waals surface area contributed by atoms with E-state index in [0.717, 1.165) is 50.5 Å². The molecule has 1 aliphatic rings. The van der Waals surface area contributed by atoms with Gasteiger partial charge in [-0.1, -0.05) is 44.4 Å². The molecule has 1 atom stereocenters. The van der Waals surface area contributed by atoms with Gasteiger partial charge in [0.1, 0.15) is 23.0 Å². The second-order valence-electron chi connectivity index (χ2n) is 7.85. The Labute approximate surface area is 181 Å². The molecule has 0 saturated heterocycles. The van der Waals surface area contributed by atoms with Gasteiger partial charge in [0.15, 0.2) is 0 Å². The average Bonchev–Trinajstić information content (AvgIpc) is 2.73. The van der Waals surface area contributed by atoms with E-state index in [1.165, 1.54) is 0 Å². The Hall–Kier alpha value is -2.94. The molecule has 30 heavy (non-hydrogen) atoms. The highest BCUT2D eigenvalue weighted by atomic mass is 16.5. The van der Waals surface area contributed by atoms with E-state index in [-0.39, 0.29) is 17.4 Å². The number of ether oxygens (including phenoxy) is 1. The maximum atomic E-state index is 10.8. The van der Waals surface area contributed by atoms with Crippen LogP contribution in [0.15, 0.2) is 71.3 Å². The van der Waals surface area contributed by atoms with Crippen molar-refractivity contribution in [3.63, 3.8) is 0 Å². The van der Waals surface area contributed by atoms with Gasteiger partial charge in [0.05, 0.1) is 0 Å². The molecule has 0 saturated carbocycles. The van der Waals surface area contributed by atoms with Crippen LogP contribution in [0.3, 0.4) is 0 Å². The van der Waals surface area contributed by atoms with Gasteiger partial charge in [0.2, 0.25) is 0 Å². The van der Waals surface area contributed by atoms with Crippen molar-refractivity contribution in [3.8, 4) is 11.5 Å². The Morgan fingerprint density at radius 2 is 1.77 bits per heavy atom. The second kappa shape index (κ2) is 9.25. The lowest BCUT2D eigenvalue weighted by atomic mass is 9.75. The lowest BCUT2D eigenvalue weighted by Crippen LogP contribution is -2.21. The Bertz CT molecular complexity index is 1010. The van der Waals surface area contributed by atoms with E-state index in [2.05, 4.69) is 13.2 Å². The van der Waals surface area contributed by atoms with Gasteiger partial charge in [0.25, 0.3) is 0 Å². The first-order valence-corrected chi connectivity index (χ1v) is 10.4. The van der Waals surface area contributed by atoms with E-state index in [9.17, 15) is 10.2 Å². The Balaban J connectivity index is 3.07. The van der Waals surface area contributed by atoms with Crippen molar-refractivity contribution >= 4 is 0 Å². The fraction of sp³-hybridized carbons (Fsp3) is 0.333. The topological polar surface area (TPSA) is 49.7 Å². The predicted octanol–water partition coefficient (Wildman–Crippen LogP) is 7.55. The van der Waals surface area contributed by atoms with E-state index in [1.54, 1.807) is 13.0 Å². The largest absolute Gasteiger partial charge is 0.507 e. The lowest BCUT2D eigenvalue weighted by Gasteiger charge is -2.35. The van der Waals surface area contributed by atoms with Crippen LogP contribution in [0.25, 0.3) is 0 Å². The van der Waals surface area contributed by atoms with Crippen molar-refractivity contribution in [2.75, 3.05) is 0 Å². The number of rotatable bonds is 6. The van der Waals surface area contributed by atoms with E-state index < -0.39 is 0 Å². The molecule has 0 radical (unpaired) electrons.